The van der Waals surface area contributed by atoms with Crippen LogP contribution in [-0.2, 0) is 19.1 Å². The molecule has 1 rings (SSSR count). The molecule has 2 N–H and O–H groups in total. The van der Waals surface area contributed by atoms with Crippen LogP contribution in [0.1, 0.15) is 123 Å². The lowest BCUT2D eigenvalue weighted by Crippen LogP contribution is -2.28. The Kier molecular flexibility index (Phi) is 16.8. The van der Waals surface area contributed by atoms with Crippen molar-refractivity contribution in [3.63, 3.8) is 0 Å². The Morgan fingerprint density at radius 3 is 1.45 bits per heavy atom. The predicted octanol–water partition coefficient (Wildman–Crippen LogP) is 5.16. The zero-order chi connectivity index (χ0) is 24.2. The molecule has 1 aliphatic rings. The van der Waals surface area contributed by atoms with Gasteiger partial charge < -0.3 is 4.74 Å². The highest BCUT2D eigenvalue weighted by Crippen LogP contribution is 2.11. The number of nitrogens with zero attached hydrogens (tertiary/aromatic N) is 2. The Bertz CT molecular complexity index is 646. The lowest BCUT2D eigenvalue weighted by atomic mass is 10.1. The molecule has 0 saturated heterocycles. The fourth-order valence-corrected chi connectivity index (χ4v) is 3.63. The predicted molar refractivity (Wildman–Crippen MR) is 132 cm³/mol. The lowest BCUT2D eigenvalue weighted by molar-refractivity contribution is -0.144. The minimum Gasteiger partial charge on any atom is -0.466 e. The van der Waals surface area contributed by atoms with Gasteiger partial charge in [0.25, 0.3) is 0 Å². The van der Waals surface area contributed by atoms with Crippen LogP contribution >= 0.6 is 0 Å². The van der Waals surface area contributed by atoms with Crippen LogP contribution in [-0.4, -0.2) is 35.8 Å². The molecule has 0 spiro atoms. The number of amides is 2. The number of ether oxygens (including phenoxy) is 1. The van der Waals surface area contributed by atoms with Crippen molar-refractivity contribution in [2.24, 2.45) is 10.2 Å². The van der Waals surface area contributed by atoms with Crippen LogP contribution in [0.25, 0.3) is 0 Å². The number of cyclic esters (lactones) is 1. The number of carbonyl (C=O) groups is 3. The van der Waals surface area contributed by atoms with E-state index in [2.05, 4.69) is 21.1 Å². The van der Waals surface area contributed by atoms with Gasteiger partial charge in [0.2, 0.25) is 11.8 Å². The smallest absolute Gasteiger partial charge is 0.305 e. The summed E-state index contributed by atoms with van der Waals surface area (Å²) in [6.45, 7) is 4.30. The van der Waals surface area contributed by atoms with Crippen molar-refractivity contribution in [3.05, 3.63) is 0 Å². The van der Waals surface area contributed by atoms with Crippen LogP contribution in [0.15, 0.2) is 10.2 Å². The summed E-state index contributed by atoms with van der Waals surface area (Å²) in [6.07, 6.45) is 15.8. The molecule has 188 valence electrons. The summed E-state index contributed by atoms with van der Waals surface area (Å²) in [5.41, 5.74) is 6.59. The second-order valence-electron chi connectivity index (χ2n) is 9.01. The van der Waals surface area contributed by atoms with Crippen LogP contribution in [0.4, 0.5) is 0 Å². The average molecular weight is 465 g/mol. The van der Waals surface area contributed by atoms with E-state index in [0.29, 0.717) is 13.0 Å². The summed E-state index contributed by atoms with van der Waals surface area (Å²) >= 11 is 0. The Morgan fingerprint density at radius 2 is 0.970 bits per heavy atom. The van der Waals surface area contributed by atoms with Crippen LogP contribution < -0.4 is 10.9 Å². The summed E-state index contributed by atoms with van der Waals surface area (Å²) in [6, 6.07) is 0. The van der Waals surface area contributed by atoms with Crippen molar-refractivity contribution in [1.82, 2.24) is 10.9 Å². The zero-order valence-electron chi connectivity index (χ0n) is 20.8. The van der Waals surface area contributed by atoms with E-state index in [1.54, 1.807) is 0 Å². The quantitative estimate of drug-likeness (QED) is 0.381. The molecule has 8 heteroatoms. The van der Waals surface area contributed by atoms with E-state index in [0.717, 1.165) is 94.9 Å². The van der Waals surface area contributed by atoms with Gasteiger partial charge in [-0.2, -0.15) is 10.2 Å². The van der Waals surface area contributed by atoms with Gasteiger partial charge in [-0.1, -0.05) is 57.8 Å². The number of hydrogen-bond donors (Lipinski definition) is 2. The largest absolute Gasteiger partial charge is 0.466 e. The molecule has 0 aromatic rings. The van der Waals surface area contributed by atoms with Gasteiger partial charge in [0.1, 0.15) is 6.42 Å². The van der Waals surface area contributed by atoms with E-state index in [1.807, 2.05) is 13.8 Å². The second kappa shape index (κ2) is 19.2. The normalized spacial score (nSPS) is 21.3. The van der Waals surface area contributed by atoms with E-state index >= 15 is 0 Å². The molecule has 0 aromatic heterocycles. The average Bonchev–Trinajstić information content (AvgIpc) is 2.78. The Morgan fingerprint density at radius 1 is 0.576 bits per heavy atom. The third kappa shape index (κ3) is 17.9. The molecule has 1 heterocycles. The van der Waals surface area contributed by atoms with E-state index in [4.69, 9.17) is 4.74 Å². The maximum Gasteiger partial charge on any atom is 0.305 e. The maximum absolute atomic E-state index is 11.9. The first-order chi connectivity index (χ1) is 16.0. The van der Waals surface area contributed by atoms with Crippen LogP contribution in [0.5, 0.6) is 0 Å². The summed E-state index contributed by atoms with van der Waals surface area (Å²) in [5.74, 6) is -0.935. The molecule has 0 aromatic carbocycles. The standard InChI is InChI=1S/C25H44N4O4/c1-21-16-12-8-4-3-7-11-15-19-33-25(32)18-14-10-6-5-9-13-17-22(2)27-29-24(31)20-23(30)28-26-21/h3-20H2,1-2H3,(H,28,30)(H,29,31). The molecule has 8 nitrogen and oxygen atoms in total. The maximum atomic E-state index is 11.9. The van der Waals surface area contributed by atoms with Gasteiger partial charge in [-0.05, 0) is 52.4 Å². The van der Waals surface area contributed by atoms with E-state index in [-0.39, 0.29) is 12.4 Å². The monoisotopic (exact) mass is 464 g/mol. The number of nitrogens with one attached hydrogen (secondary N) is 2. The third-order valence-electron chi connectivity index (χ3n) is 5.68. The number of hydrogen-bond acceptors (Lipinski definition) is 6. The van der Waals surface area contributed by atoms with Gasteiger partial charge in [-0.3, -0.25) is 14.4 Å². The zero-order valence-corrected chi connectivity index (χ0v) is 20.8. The van der Waals surface area contributed by atoms with Gasteiger partial charge in [0.15, 0.2) is 0 Å². The first-order valence-electron chi connectivity index (χ1n) is 12.8. The molecule has 0 atom stereocenters. The molecule has 0 aliphatic carbocycles. The Balaban J connectivity index is 2.42. The molecule has 0 radical (unpaired) electrons. The summed E-state index contributed by atoms with van der Waals surface area (Å²) in [7, 11) is 0. The minimum atomic E-state index is -0.439. The molecular formula is C25H44N4O4. The fraction of sp³-hybridized carbons (Fsp3) is 0.800. The molecule has 1 aliphatic heterocycles. The number of carbonyl (C=O) groups excluding carboxylic acids is 3. The van der Waals surface area contributed by atoms with Crippen molar-refractivity contribution in [2.45, 2.75) is 123 Å². The van der Waals surface area contributed by atoms with Crippen LogP contribution in [0.2, 0.25) is 0 Å². The van der Waals surface area contributed by atoms with Crippen LogP contribution in [0, 0.1) is 0 Å². The highest BCUT2D eigenvalue weighted by molar-refractivity contribution is 5.97. The summed E-state index contributed by atoms with van der Waals surface area (Å²) in [5, 5.41) is 8.16. The lowest BCUT2D eigenvalue weighted by Gasteiger charge is -2.06. The van der Waals surface area contributed by atoms with Gasteiger partial charge in [0, 0.05) is 17.8 Å². The molecule has 0 unspecified atom stereocenters. The topological polar surface area (TPSA) is 109 Å². The Hall–Kier alpha value is -2.25. The van der Waals surface area contributed by atoms with Crippen molar-refractivity contribution >= 4 is 29.2 Å². The summed E-state index contributed by atoms with van der Waals surface area (Å²) < 4.78 is 5.33. The van der Waals surface area contributed by atoms with Crippen molar-refractivity contribution < 1.29 is 19.1 Å². The molecule has 0 fully saturated rings. The van der Waals surface area contributed by atoms with Gasteiger partial charge in [0.05, 0.1) is 6.61 Å². The van der Waals surface area contributed by atoms with Gasteiger partial charge in [-0.15, -0.1) is 0 Å². The molecule has 33 heavy (non-hydrogen) atoms. The second-order valence-corrected chi connectivity index (χ2v) is 9.01. The van der Waals surface area contributed by atoms with E-state index < -0.39 is 11.8 Å². The molecule has 2 amide bonds. The highest BCUT2D eigenvalue weighted by atomic mass is 16.5. The first kappa shape index (κ1) is 28.8. The Labute approximate surface area is 199 Å². The van der Waals surface area contributed by atoms with Gasteiger partial charge in [-0.25, -0.2) is 10.9 Å². The molecule has 0 bridgehead atoms. The number of rotatable bonds is 0. The first-order valence-corrected chi connectivity index (χ1v) is 12.8. The van der Waals surface area contributed by atoms with Crippen molar-refractivity contribution in [1.29, 1.82) is 0 Å². The summed E-state index contributed by atoms with van der Waals surface area (Å²) in [4.78, 5) is 35.6. The highest BCUT2D eigenvalue weighted by Gasteiger charge is 2.08. The van der Waals surface area contributed by atoms with Gasteiger partial charge >= 0.3 is 5.97 Å². The fourth-order valence-electron chi connectivity index (χ4n) is 3.63. The van der Waals surface area contributed by atoms with Crippen LogP contribution in [0.3, 0.4) is 0 Å². The number of esters is 1. The van der Waals surface area contributed by atoms with Crippen molar-refractivity contribution in [3.8, 4) is 0 Å². The van der Waals surface area contributed by atoms with E-state index in [1.165, 1.54) is 12.8 Å². The minimum absolute atomic E-state index is 0.0646. The third-order valence-corrected chi connectivity index (χ3v) is 5.68. The SMILES string of the molecule is CC1=NNC(=O)CC(=O)NN=C(C)CCCCCCCCC(=O)OCCCCCCCCC1. The molecular weight excluding hydrogens is 420 g/mol. The van der Waals surface area contributed by atoms with Crippen molar-refractivity contribution in [2.75, 3.05) is 6.61 Å². The molecule has 0 saturated carbocycles. The van der Waals surface area contributed by atoms with E-state index in [9.17, 15) is 14.4 Å². The number of hydrazone groups is 2.